The first-order valence-electron chi connectivity index (χ1n) is 6.40. The molecule has 2 aromatic rings. The first kappa shape index (κ1) is 12.0. The molecule has 0 aliphatic carbocycles. The van der Waals surface area contributed by atoms with Crippen molar-refractivity contribution in [2.45, 2.75) is 12.7 Å². The maximum absolute atomic E-state index is 5.73. The van der Waals surface area contributed by atoms with E-state index >= 15 is 0 Å². The summed E-state index contributed by atoms with van der Waals surface area (Å²) in [4.78, 5) is 4.19. The van der Waals surface area contributed by atoms with Gasteiger partial charge < -0.3 is 14.8 Å². The number of ether oxygens (including phenoxy) is 2. The third-order valence-corrected chi connectivity index (χ3v) is 2.99. The van der Waals surface area contributed by atoms with Gasteiger partial charge in [-0.2, -0.15) is 0 Å². The van der Waals surface area contributed by atoms with Crippen LogP contribution in [0.1, 0.15) is 5.56 Å². The standard InChI is InChI=1S/C15H16N2O2/c1-2-4-12(5-3-1)11-18-13-6-7-17-15(8-13)19-14-9-16-10-14/h1-8,14,16H,9-11H2. The van der Waals surface area contributed by atoms with Crippen molar-refractivity contribution in [2.24, 2.45) is 0 Å². The van der Waals surface area contributed by atoms with Gasteiger partial charge in [0.2, 0.25) is 5.88 Å². The van der Waals surface area contributed by atoms with Crippen LogP contribution in [-0.4, -0.2) is 24.2 Å². The number of hydrogen-bond acceptors (Lipinski definition) is 4. The van der Waals surface area contributed by atoms with Gasteiger partial charge in [-0.05, 0) is 11.6 Å². The molecular weight excluding hydrogens is 240 g/mol. The summed E-state index contributed by atoms with van der Waals surface area (Å²) in [6, 6.07) is 13.8. The molecule has 1 fully saturated rings. The number of aromatic nitrogens is 1. The number of rotatable bonds is 5. The monoisotopic (exact) mass is 256 g/mol. The lowest BCUT2D eigenvalue weighted by atomic mass is 10.2. The van der Waals surface area contributed by atoms with E-state index in [1.807, 2.05) is 42.5 Å². The van der Waals surface area contributed by atoms with Gasteiger partial charge in [-0.15, -0.1) is 0 Å². The van der Waals surface area contributed by atoms with Gasteiger partial charge in [-0.25, -0.2) is 4.98 Å². The predicted molar refractivity (Wildman–Crippen MR) is 72.3 cm³/mol. The Labute approximate surface area is 112 Å². The van der Waals surface area contributed by atoms with Gasteiger partial charge in [0.05, 0.1) is 0 Å². The van der Waals surface area contributed by atoms with Crippen molar-refractivity contribution in [2.75, 3.05) is 13.1 Å². The Morgan fingerprint density at radius 3 is 2.74 bits per heavy atom. The molecule has 4 nitrogen and oxygen atoms in total. The minimum Gasteiger partial charge on any atom is -0.489 e. The minimum absolute atomic E-state index is 0.233. The fourth-order valence-electron chi connectivity index (χ4n) is 1.80. The summed E-state index contributed by atoms with van der Waals surface area (Å²) in [5.41, 5.74) is 1.14. The highest BCUT2D eigenvalue weighted by Gasteiger charge is 2.18. The number of hydrogen-bond donors (Lipinski definition) is 1. The largest absolute Gasteiger partial charge is 0.489 e. The van der Waals surface area contributed by atoms with Crippen LogP contribution in [0.3, 0.4) is 0 Å². The van der Waals surface area contributed by atoms with Crippen molar-refractivity contribution in [3.05, 3.63) is 54.2 Å². The van der Waals surface area contributed by atoms with Crippen molar-refractivity contribution in [3.63, 3.8) is 0 Å². The van der Waals surface area contributed by atoms with Crippen molar-refractivity contribution >= 4 is 0 Å². The fourth-order valence-corrected chi connectivity index (χ4v) is 1.80. The topological polar surface area (TPSA) is 43.4 Å². The second-order valence-electron chi connectivity index (χ2n) is 4.50. The van der Waals surface area contributed by atoms with Crippen LogP contribution in [-0.2, 0) is 6.61 Å². The van der Waals surface area contributed by atoms with Crippen LogP contribution in [0.5, 0.6) is 11.6 Å². The van der Waals surface area contributed by atoms with E-state index in [9.17, 15) is 0 Å². The first-order chi connectivity index (χ1) is 9.40. The number of nitrogens with one attached hydrogen (secondary N) is 1. The highest BCUT2D eigenvalue weighted by Crippen LogP contribution is 2.19. The van der Waals surface area contributed by atoms with Crippen LogP contribution in [0, 0.1) is 0 Å². The van der Waals surface area contributed by atoms with E-state index < -0.39 is 0 Å². The molecule has 98 valence electrons. The van der Waals surface area contributed by atoms with E-state index in [0.717, 1.165) is 24.4 Å². The molecule has 4 heteroatoms. The first-order valence-corrected chi connectivity index (χ1v) is 6.40. The average Bonchev–Trinajstić information content (AvgIpc) is 2.42. The van der Waals surface area contributed by atoms with Crippen LogP contribution in [0.25, 0.3) is 0 Å². The summed E-state index contributed by atoms with van der Waals surface area (Å²) < 4.78 is 11.4. The van der Waals surface area contributed by atoms with Crippen molar-refractivity contribution in [3.8, 4) is 11.6 Å². The van der Waals surface area contributed by atoms with Crippen LogP contribution < -0.4 is 14.8 Å². The molecule has 0 saturated carbocycles. The maximum atomic E-state index is 5.73. The van der Waals surface area contributed by atoms with Crippen LogP contribution in [0.4, 0.5) is 0 Å². The Balaban J connectivity index is 1.59. The Morgan fingerprint density at radius 2 is 2.00 bits per heavy atom. The maximum Gasteiger partial charge on any atom is 0.217 e. The van der Waals surface area contributed by atoms with E-state index in [1.54, 1.807) is 6.20 Å². The van der Waals surface area contributed by atoms with Crippen LogP contribution in [0.15, 0.2) is 48.7 Å². The second kappa shape index (κ2) is 5.71. The Hall–Kier alpha value is -2.07. The third kappa shape index (κ3) is 3.23. The number of benzene rings is 1. The molecule has 3 rings (SSSR count). The summed E-state index contributed by atoms with van der Waals surface area (Å²) in [5, 5.41) is 3.16. The van der Waals surface area contributed by atoms with Gasteiger partial charge in [0.15, 0.2) is 0 Å². The summed E-state index contributed by atoms with van der Waals surface area (Å²) >= 11 is 0. The van der Waals surface area contributed by atoms with Gasteiger partial charge in [0.1, 0.15) is 18.5 Å². The highest BCUT2D eigenvalue weighted by atomic mass is 16.5. The minimum atomic E-state index is 0.233. The zero-order valence-electron chi connectivity index (χ0n) is 10.6. The summed E-state index contributed by atoms with van der Waals surface area (Å²) in [6.07, 6.45) is 1.94. The lowest BCUT2D eigenvalue weighted by molar-refractivity contribution is 0.135. The highest BCUT2D eigenvalue weighted by molar-refractivity contribution is 5.27. The second-order valence-corrected chi connectivity index (χ2v) is 4.50. The normalized spacial score (nSPS) is 14.7. The number of pyridine rings is 1. The van der Waals surface area contributed by atoms with Crippen molar-refractivity contribution in [1.82, 2.24) is 10.3 Å². The Kier molecular flexibility index (Phi) is 3.61. The zero-order chi connectivity index (χ0) is 12.9. The molecule has 0 atom stereocenters. The molecule has 0 amide bonds. The van der Waals surface area contributed by atoms with Gasteiger partial charge >= 0.3 is 0 Å². The van der Waals surface area contributed by atoms with E-state index in [4.69, 9.17) is 9.47 Å². The van der Waals surface area contributed by atoms with Crippen LogP contribution >= 0.6 is 0 Å². The van der Waals surface area contributed by atoms with Gasteiger partial charge in [-0.1, -0.05) is 30.3 Å². The van der Waals surface area contributed by atoms with Crippen molar-refractivity contribution in [1.29, 1.82) is 0 Å². The van der Waals surface area contributed by atoms with E-state index in [0.29, 0.717) is 12.5 Å². The average molecular weight is 256 g/mol. The quantitative estimate of drug-likeness (QED) is 0.888. The van der Waals surface area contributed by atoms with Gasteiger partial charge in [0.25, 0.3) is 0 Å². The molecule has 1 aliphatic rings. The SMILES string of the molecule is c1ccc(COc2ccnc(OC3CNC3)c2)cc1. The lowest BCUT2D eigenvalue weighted by Crippen LogP contribution is -2.50. The fraction of sp³-hybridized carbons (Fsp3) is 0.267. The molecular formula is C15H16N2O2. The van der Waals surface area contributed by atoms with Crippen molar-refractivity contribution < 1.29 is 9.47 Å². The molecule has 0 spiro atoms. The molecule has 0 radical (unpaired) electrons. The van der Waals surface area contributed by atoms with Crippen LogP contribution in [0.2, 0.25) is 0 Å². The smallest absolute Gasteiger partial charge is 0.217 e. The predicted octanol–water partition coefficient (Wildman–Crippen LogP) is 2.01. The molecule has 1 aromatic heterocycles. The summed E-state index contributed by atoms with van der Waals surface area (Å²) in [7, 11) is 0. The summed E-state index contributed by atoms with van der Waals surface area (Å²) in [5.74, 6) is 1.40. The molecule has 1 aromatic carbocycles. The molecule has 0 unspecified atom stereocenters. The lowest BCUT2D eigenvalue weighted by Gasteiger charge is -2.27. The molecule has 1 N–H and O–H groups in total. The number of nitrogens with zero attached hydrogens (tertiary/aromatic N) is 1. The van der Waals surface area contributed by atoms with E-state index in [1.165, 1.54) is 0 Å². The van der Waals surface area contributed by atoms with Gasteiger partial charge in [-0.3, -0.25) is 0 Å². The van der Waals surface area contributed by atoms with E-state index in [-0.39, 0.29) is 6.10 Å². The Bertz CT molecular complexity index is 527. The Morgan fingerprint density at radius 1 is 1.16 bits per heavy atom. The molecule has 1 saturated heterocycles. The zero-order valence-corrected chi connectivity index (χ0v) is 10.6. The third-order valence-electron chi connectivity index (χ3n) is 2.99. The molecule has 2 heterocycles. The molecule has 0 bridgehead atoms. The van der Waals surface area contributed by atoms with E-state index in [2.05, 4.69) is 10.3 Å². The molecule has 1 aliphatic heterocycles. The van der Waals surface area contributed by atoms with Gasteiger partial charge in [0, 0.05) is 25.4 Å². The summed E-state index contributed by atoms with van der Waals surface area (Å²) in [6.45, 7) is 2.32. The molecule has 19 heavy (non-hydrogen) atoms.